The van der Waals surface area contributed by atoms with Gasteiger partial charge in [0.1, 0.15) is 5.65 Å². The Morgan fingerprint density at radius 2 is 2.10 bits per heavy atom. The molecule has 166 valence electrons. The number of rotatable bonds is 7. The number of allylic oxidation sites excluding steroid dienone is 2. The molecule has 8 nitrogen and oxygen atoms in total. The fraction of sp³-hybridized carbons (Fsp3) is 0.455. The summed E-state index contributed by atoms with van der Waals surface area (Å²) in [4.78, 5) is 19.1. The van der Waals surface area contributed by atoms with Crippen molar-refractivity contribution in [2.24, 2.45) is 5.41 Å². The fourth-order valence-electron chi connectivity index (χ4n) is 4.39. The number of nitrogens with one attached hydrogen (secondary N) is 1. The van der Waals surface area contributed by atoms with Crippen molar-refractivity contribution in [3.63, 3.8) is 0 Å². The summed E-state index contributed by atoms with van der Waals surface area (Å²) < 4.78 is 29.2. The lowest BCUT2D eigenvalue weighted by Crippen LogP contribution is -2.59. The van der Waals surface area contributed by atoms with E-state index in [0.29, 0.717) is 36.5 Å². The molecule has 31 heavy (non-hydrogen) atoms. The molecule has 0 aromatic carbocycles. The molecule has 1 amide bonds. The van der Waals surface area contributed by atoms with Gasteiger partial charge in [0.2, 0.25) is 10.0 Å². The van der Waals surface area contributed by atoms with E-state index in [4.69, 9.17) is 0 Å². The maximum absolute atomic E-state index is 12.9. The van der Waals surface area contributed by atoms with Gasteiger partial charge in [-0.25, -0.2) is 13.4 Å². The van der Waals surface area contributed by atoms with Gasteiger partial charge < -0.3 is 14.6 Å². The van der Waals surface area contributed by atoms with Gasteiger partial charge in [0.15, 0.2) is 0 Å². The van der Waals surface area contributed by atoms with E-state index in [-0.39, 0.29) is 11.3 Å². The highest BCUT2D eigenvalue weighted by atomic mass is 32.2. The zero-order chi connectivity index (χ0) is 22.1. The molecule has 2 aliphatic rings. The van der Waals surface area contributed by atoms with Gasteiger partial charge in [-0.05, 0) is 51.6 Å². The average Bonchev–Trinajstić information content (AvgIpc) is 3.35. The highest BCUT2D eigenvalue weighted by molar-refractivity contribution is 7.93. The van der Waals surface area contributed by atoms with Crippen molar-refractivity contribution in [2.45, 2.75) is 19.8 Å². The van der Waals surface area contributed by atoms with E-state index in [1.54, 1.807) is 64.6 Å². The van der Waals surface area contributed by atoms with Crippen LogP contribution in [0.2, 0.25) is 0 Å². The number of carbonyl (C=O) groups excluding carboxylic acids is 1. The van der Waals surface area contributed by atoms with Crippen molar-refractivity contribution < 1.29 is 13.2 Å². The molecule has 0 atom stereocenters. The molecule has 2 aromatic rings. The zero-order valence-electron chi connectivity index (χ0n) is 18.0. The van der Waals surface area contributed by atoms with Crippen molar-refractivity contribution in [1.82, 2.24) is 23.9 Å². The SMILES string of the molecule is CC=C(C=CCCNC(=O)c1ccc2nccn2c1)S(=O)(=O)N1CC2(CCN(C)C2)C1. The highest BCUT2D eigenvalue weighted by Gasteiger charge is 2.51. The van der Waals surface area contributed by atoms with Gasteiger partial charge in [-0.15, -0.1) is 0 Å². The molecule has 0 unspecified atom stereocenters. The molecule has 4 rings (SSSR count). The number of carbonyl (C=O) groups is 1. The molecule has 2 saturated heterocycles. The topological polar surface area (TPSA) is 87.0 Å². The quantitative estimate of drug-likeness (QED) is 0.522. The molecule has 0 bridgehead atoms. The van der Waals surface area contributed by atoms with Gasteiger partial charge >= 0.3 is 0 Å². The molecule has 9 heteroatoms. The molecule has 1 spiro atoms. The van der Waals surface area contributed by atoms with Crippen LogP contribution < -0.4 is 5.32 Å². The second-order valence-corrected chi connectivity index (χ2v) is 10.4. The molecular weight excluding hydrogens is 414 g/mol. The second-order valence-electron chi connectivity index (χ2n) is 8.51. The minimum Gasteiger partial charge on any atom is -0.352 e. The minimum absolute atomic E-state index is 0.133. The molecule has 0 saturated carbocycles. The summed E-state index contributed by atoms with van der Waals surface area (Å²) in [6, 6.07) is 3.53. The molecule has 0 aliphatic carbocycles. The number of likely N-dealkylation sites (tertiary alicyclic amines) is 1. The Labute approximate surface area is 183 Å². The minimum atomic E-state index is -3.46. The predicted molar refractivity (Wildman–Crippen MR) is 120 cm³/mol. The van der Waals surface area contributed by atoms with Gasteiger partial charge in [-0.1, -0.05) is 12.2 Å². The van der Waals surface area contributed by atoms with E-state index in [1.807, 2.05) is 0 Å². The van der Waals surface area contributed by atoms with Crippen LogP contribution in [0.15, 0.2) is 53.9 Å². The first-order valence-electron chi connectivity index (χ1n) is 10.6. The second kappa shape index (κ2) is 8.57. The smallest absolute Gasteiger partial charge is 0.252 e. The number of fused-ring (bicyclic) bond motifs is 1. The van der Waals surface area contributed by atoms with Crippen LogP contribution in [0.5, 0.6) is 0 Å². The van der Waals surface area contributed by atoms with Crippen LogP contribution >= 0.6 is 0 Å². The van der Waals surface area contributed by atoms with Crippen LogP contribution in [0.4, 0.5) is 0 Å². The third-order valence-electron chi connectivity index (χ3n) is 6.10. The van der Waals surface area contributed by atoms with Gasteiger partial charge in [-0.3, -0.25) is 4.79 Å². The summed E-state index contributed by atoms with van der Waals surface area (Å²) >= 11 is 0. The first-order valence-corrected chi connectivity index (χ1v) is 12.0. The first-order chi connectivity index (χ1) is 14.8. The summed E-state index contributed by atoms with van der Waals surface area (Å²) in [5.41, 5.74) is 1.47. The predicted octanol–water partition coefficient (Wildman–Crippen LogP) is 1.88. The number of amides is 1. The normalized spacial score (nSPS) is 20.0. The van der Waals surface area contributed by atoms with E-state index in [2.05, 4.69) is 22.2 Å². The number of pyridine rings is 1. The van der Waals surface area contributed by atoms with E-state index in [1.165, 1.54) is 0 Å². The van der Waals surface area contributed by atoms with Gasteiger partial charge in [0.05, 0.1) is 10.5 Å². The molecular formula is C22H29N5O3S. The van der Waals surface area contributed by atoms with Crippen molar-refractivity contribution in [1.29, 1.82) is 0 Å². The van der Waals surface area contributed by atoms with Crippen LogP contribution in [-0.2, 0) is 10.0 Å². The summed E-state index contributed by atoms with van der Waals surface area (Å²) in [6.07, 6.45) is 11.9. The van der Waals surface area contributed by atoms with Crippen molar-refractivity contribution in [3.05, 3.63) is 59.4 Å². The summed E-state index contributed by atoms with van der Waals surface area (Å²) in [7, 11) is -1.38. The largest absolute Gasteiger partial charge is 0.352 e. The summed E-state index contributed by atoms with van der Waals surface area (Å²) in [5, 5.41) is 2.86. The Kier molecular flexibility index (Phi) is 6.00. The van der Waals surface area contributed by atoms with Gasteiger partial charge in [-0.2, -0.15) is 4.31 Å². The number of nitrogens with zero attached hydrogens (tertiary/aromatic N) is 4. The van der Waals surface area contributed by atoms with E-state index < -0.39 is 10.0 Å². The van der Waals surface area contributed by atoms with Crippen LogP contribution in [0, 0.1) is 5.41 Å². The number of aromatic nitrogens is 2. The lowest BCUT2D eigenvalue weighted by Gasteiger charge is -2.47. The standard InChI is InChI=1S/C22H29N5O3S/c1-3-19(31(29,30)27-16-22(17-27)9-12-25(2)15-22)6-4-5-10-24-21(28)18-7-8-20-23-11-13-26(20)14-18/h3-4,6-8,11,13-14H,5,9-10,12,15-17H2,1-2H3,(H,24,28). The molecule has 2 fully saturated rings. The van der Waals surface area contributed by atoms with E-state index >= 15 is 0 Å². The average molecular weight is 444 g/mol. The molecule has 0 radical (unpaired) electrons. The lowest BCUT2D eigenvalue weighted by molar-refractivity contribution is 0.0822. The molecule has 2 aliphatic heterocycles. The maximum Gasteiger partial charge on any atom is 0.252 e. The maximum atomic E-state index is 12.9. The Morgan fingerprint density at radius 1 is 1.29 bits per heavy atom. The Morgan fingerprint density at radius 3 is 2.81 bits per heavy atom. The first kappa shape index (κ1) is 21.7. The molecule has 1 N–H and O–H groups in total. The highest BCUT2D eigenvalue weighted by Crippen LogP contribution is 2.41. The van der Waals surface area contributed by atoms with Crippen LogP contribution in [-0.4, -0.2) is 72.7 Å². The van der Waals surface area contributed by atoms with Crippen LogP contribution in [0.3, 0.4) is 0 Å². The summed E-state index contributed by atoms with van der Waals surface area (Å²) in [6.45, 7) is 5.36. The third-order valence-corrected chi connectivity index (χ3v) is 8.01. The lowest BCUT2D eigenvalue weighted by atomic mass is 9.81. The molecule has 4 heterocycles. The number of imidazole rings is 1. The van der Waals surface area contributed by atoms with E-state index in [0.717, 1.165) is 25.2 Å². The number of hydrogen-bond donors (Lipinski definition) is 1. The fourth-order valence-corrected chi connectivity index (χ4v) is 6.15. The zero-order valence-corrected chi connectivity index (χ0v) is 18.8. The third kappa shape index (κ3) is 4.44. The molecule has 2 aromatic heterocycles. The van der Waals surface area contributed by atoms with Gasteiger partial charge in [0, 0.05) is 50.2 Å². The Balaban J connectivity index is 1.27. The Bertz CT molecular complexity index is 1130. The number of sulfonamides is 1. The summed E-state index contributed by atoms with van der Waals surface area (Å²) in [5.74, 6) is -0.171. The van der Waals surface area contributed by atoms with Gasteiger partial charge in [0.25, 0.3) is 5.91 Å². The number of hydrogen-bond acceptors (Lipinski definition) is 5. The monoisotopic (exact) mass is 443 g/mol. The van der Waals surface area contributed by atoms with Crippen LogP contribution in [0.25, 0.3) is 5.65 Å². The van der Waals surface area contributed by atoms with E-state index in [9.17, 15) is 13.2 Å². The van der Waals surface area contributed by atoms with Crippen LogP contribution in [0.1, 0.15) is 30.1 Å². The van der Waals surface area contributed by atoms with Crippen molar-refractivity contribution in [3.8, 4) is 0 Å². The van der Waals surface area contributed by atoms with Crippen molar-refractivity contribution in [2.75, 3.05) is 39.8 Å². The van der Waals surface area contributed by atoms with Crippen molar-refractivity contribution >= 4 is 21.6 Å². The Hall–Kier alpha value is -2.49.